The summed E-state index contributed by atoms with van der Waals surface area (Å²) in [7, 11) is 1.34. The van der Waals surface area contributed by atoms with Crippen molar-refractivity contribution < 1.29 is 19.6 Å². The second-order valence-corrected chi connectivity index (χ2v) is 9.48. The molecular formula is C22H28BrN4O3+. The van der Waals surface area contributed by atoms with E-state index in [0.717, 1.165) is 40.8 Å². The van der Waals surface area contributed by atoms with Crippen LogP contribution < -0.4 is 5.32 Å². The molecular weight excluding hydrogens is 448 g/mol. The lowest BCUT2D eigenvalue weighted by atomic mass is 9.95. The molecule has 2 bridgehead atoms. The Morgan fingerprint density at radius 1 is 1.27 bits per heavy atom. The molecule has 2 amide bonds. The van der Waals surface area contributed by atoms with Crippen LogP contribution in [0.2, 0.25) is 0 Å². The molecule has 1 aromatic carbocycles. The average molecular weight is 476 g/mol. The highest BCUT2D eigenvalue weighted by Gasteiger charge is 2.52. The lowest BCUT2D eigenvalue weighted by Crippen LogP contribution is -2.97. The monoisotopic (exact) mass is 475 g/mol. The van der Waals surface area contributed by atoms with Crippen LogP contribution in [0.4, 0.5) is 4.79 Å². The number of carbonyl (C=O) groups excluding carboxylic acids is 2. The van der Waals surface area contributed by atoms with E-state index in [1.54, 1.807) is 0 Å². The lowest BCUT2D eigenvalue weighted by Gasteiger charge is -2.36. The molecule has 2 unspecified atom stereocenters. The van der Waals surface area contributed by atoms with Gasteiger partial charge in [0.05, 0.1) is 25.0 Å². The van der Waals surface area contributed by atoms with Crippen LogP contribution in [-0.4, -0.2) is 46.1 Å². The van der Waals surface area contributed by atoms with Gasteiger partial charge in [0.25, 0.3) is 5.91 Å². The molecule has 160 valence electrons. The number of hydrogen-bond donors (Lipinski definition) is 2. The van der Waals surface area contributed by atoms with Crippen molar-refractivity contribution in [3.8, 4) is 11.3 Å². The molecule has 2 fully saturated rings. The van der Waals surface area contributed by atoms with Gasteiger partial charge in [0, 0.05) is 16.4 Å². The number of aromatic amines is 1. The van der Waals surface area contributed by atoms with E-state index < -0.39 is 12.1 Å². The van der Waals surface area contributed by atoms with Crippen LogP contribution in [0.15, 0.2) is 34.9 Å². The summed E-state index contributed by atoms with van der Waals surface area (Å²) in [6.07, 6.45) is 4.48. The van der Waals surface area contributed by atoms with Gasteiger partial charge >= 0.3 is 6.09 Å². The number of ether oxygens (including phenoxy) is 1. The molecule has 2 heterocycles. The smallest absolute Gasteiger partial charge is 0.423 e. The number of fused-ring (bicyclic) bond motifs is 2. The van der Waals surface area contributed by atoms with Crippen molar-refractivity contribution in [1.29, 1.82) is 0 Å². The second kappa shape index (κ2) is 8.51. The summed E-state index contributed by atoms with van der Waals surface area (Å²) in [4.78, 5) is 35.6. The Balaban J connectivity index is 1.61. The van der Waals surface area contributed by atoms with E-state index >= 15 is 0 Å². The van der Waals surface area contributed by atoms with Gasteiger partial charge < -0.3 is 14.6 Å². The van der Waals surface area contributed by atoms with Crippen LogP contribution in [0, 0.1) is 11.8 Å². The first-order valence-electron chi connectivity index (χ1n) is 10.4. The maximum atomic E-state index is 13.6. The molecule has 4 atom stereocenters. The van der Waals surface area contributed by atoms with Gasteiger partial charge in [-0.1, -0.05) is 41.9 Å². The van der Waals surface area contributed by atoms with Crippen LogP contribution in [0.25, 0.3) is 11.3 Å². The Hall–Kier alpha value is -2.19. The van der Waals surface area contributed by atoms with E-state index in [2.05, 4.69) is 25.9 Å². The predicted octanol–water partition coefficient (Wildman–Crippen LogP) is 3.25. The number of nitrogens with two attached hydrogens (primary N) is 1. The third kappa shape index (κ3) is 3.90. The highest BCUT2D eigenvalue weighted by atomic mass is 79.9. The fraction of sp³-hybridized carbons (Fsp3) is 0.500. The number of carbonyl (C=O) groups is 2. The number of H-pyrrole nitrogens is 1. The Morgan fingerprint density at radius 2 is 2.00 bits per heavy atom. The maximum Gasteiger partial charge on any atom is 0.513 e. The fourth-order valence-corrected chi connectivity index (χ4v) is 5.12. The zero-order valence-corrected chi connectivity index (χ0v) is 19.1. The minimum Gasteiger partial charge on any atom is -0.423 e. The molecule has 4 rings (SSSR count). The summed E-state index contributed by atoms with van der Waals surface area (Å²) in [6.45, 7) is 3.92. The second-order valence-electron chi connectivity index (χ2n) is 8.57. The van der Waals surface area contributed by atoms with Gasteiger partial charge in [-0.3, -0.25) is 4.79 Å². The minimum absolute atomic E-state index is 0.00538. The Labute approximate surface area is 184 Å². The van der Waals surface area contributed by atoms with E-state index in [1.807, 2.05) is 49.2 Å². The van der Waals surface area contributed by atoms with Crippen LogP contribution in [-0.2, 0) is 9.53 Å². The summed E-state index contributed by atoms with van der Waals surface area (Å²) >= 11 is 3.46. The number of primary amides is 1. The van der Waals surface area contributed by atoms with Gasteiger partial charge in [-0.2, -0.15) is 4.79 Å². The number of amides is 2. The molecule has 8 heteroatoms. The summed E-state index contributed by atoms with van der Waals surface area (Å²) in [5.41, 5.74) is 1.99. The minimum atomic E-state index is -0.500. The van der Waals surface area contributed by atoms with Gasteiger partial charge in [-0.15, -0.1) is 0 Å². The summed E-state index contributed by atoms with van der Waals surface area (Å²) in [6, 6.07) is 7.70. The highest BCUT2D eigenvalue weighted by molar-refractivity contribution is 9.10. The van der Waals surface area contributed by atoms with Gasteiger partial charge in [0.15, 0.2) is 6.04 Å². The Bertz CT molecular complexity index is 927. The zero-order chi connectivity index (χ0) is 21.4. The van der Waals surface area contributed by atoms with Crippen molar-refractivity contribution in [2.24, 2.45) is 11.8 Å². The molecule has 0 radical (unpaired) electrons. The third-order valence-corrected chi connectivity index (χ3v) is 6.92. The average Bonchev–Trinajstić information content (AvgIpc) is 3.47. The number of nitrogens with one attached hydrogen (secondary N) is 1. The first-order chi connectivity index (χ1) is 14.4. The molecule has 0 spiro atoms. The largest absolute Gasteiger partial charge is 0.513 e. The van der Waals surface area contributed by atoms with Crippen LogP contribution in [0.1, 0.15) is 45.0 Å². The summed E-state index contributed by atoms with van der Waals surface area (Å²) in [5, 5.41) is 1.42. The van der Waals surface area contributed by atoms with Crippen molar-refractivity contribution in [3.05, 3.63) is 40.8 Å². The number of benzene rings is 1. The summed E-state index contributed by atoms with van der Waals surface area (Å²) < 4.78 is 5.82. The van der Waals surface area contributed by atoms with Crippen molar-refractivity contribution in [2.75, 3.05) is 7.11 Å². The molecule has 30 heavy (non-hydrogen) atoms. The quantitative estimate of drug-likeness (QED) is 0.693. The Morgan fingerprint density at radius 3 is 2.67 bits per heavy atom. The molecule has 1 saturated carbocycles. The molecule has 1 aliphatic heterocycles. The fourth-order valence-electron chi connectivity index (χ4n) is 4.86. The number of halogens is 1. The van der Waals surface area contributed by atoms with Crippen molar-refractivity contribution in [3.63, 3.8) is 0 Å². The molecule has 2 aromatic rings. The van der Waals surface area contributed by atoms with Gasteiger partial charge in [-0.05, 0) is 42.9 Å². The van der Waals surface area contributed by atoms with Crippen LogP contribution in [0.3, 0.4) is 0 Å². The number of imidazole rings is 1. The summed E-state index contributed by atoms with van der Waals surface area (Å²) in [5.74, 6) is 1.23. The molecule has 1 aliphatic carbocycles. The first kappa shape index (κ1) is 21.1. The molecule has 7 nitrogen and oxygen atoms in total. The van der Waals surface area contributed by atoms with Crippen molar-refractivity contribution >= 4 is 27.9 Å². The number of hydrogen-bond acceptors (Lipinski definition) is 4. The number of nitrogens with zero attached hydrogens (tertiary/aromatic N) is 2. The number of piperidine rings is 1. The third-order valence-electron chi connectivity index (χ3n) is 6.39. The van der Waals surface area contributed by atoms with E-state index in [-0.39, 0.29) is 23.9 Å². The zero-order valence-electron chi connectivity index (χ0n) is 17.5. The normalized spacial score (nSPS) is 23.8. The number of rotatable bonds is 5. The SMILES string of the molecule is COC(=O)[NH2+][C@H](C(=O)N1C2CCC(C2)[C@H]1c1ncc(-c2ccc(Br)cc2)[nH]1)C(C)C. The van der Waals surface area contributed by atoms with Crippen LogP contribution in [0.5, 0.6) is 0 Å². The predicted molar refractivity (Wildman–Crippen MR) is 115 cm³/mol. The number of methoxy groups -OCH3 is 1. The van der Waals surface area contributed by atoms with E-state index in [4.69, 9.17) is 4.74 Å². The number of quaternary nitrogens is 1. The topological polar surface area (TPSA) is 91.9 Å². The molecule has 1 aromatic heterocycles. The van der Waals surface area contributed by atoms with Gasteiger partial charge in [-0.25, -0.2) is 10.3 Å². The molecule has 2 aliphatic rings. The lowest BCUT2D eigenvalue weighted by molar-refractivity contribution is -0.601. The van der Waals surface area contributed by atoms with Gasteiger partial charge in [0.2, 0.25) is 0 Å². The number of aromatic nitrogens is 2. The molecule has 3 N–H and O–H groups in total. The van der Waals surface area contributed by atoms with Crippen molar-refractivity contribution in [2.45, 2.75) is 51.2 Å². The van der Waals surface area contributed by atoms with E-state index in [0.29, 0.717) is 5.92 Å². The highest BCUT2D eigenvalue weighted by Crippen LogP contribution is 2.50. The Kier molecular flexibility index (Phi) is 5.97. The van der Waals surface area contributed by atoms with E-state index in [1.165, 1.54) is 12.4 Å². The maximum absolute atomic E-state index is 13.6. The van der Waals surface area contributed by atoms with Crippen LogP contribution >= 0.6 is 15.9 Å². The molecule has 1 saturated heterocycles. The number of likely N-dealkylation sites (tertiary alicyclic amines) is 1. The van der Waals surface area contributed by atoms with Crippen molar-refractivity contribution in [1.82, 2.24) is 14.9 Å². The first-order valence-corrected chi connectivity index (χ1v) is 11.2. The van der Waals surface area contributed by atoms with E-state index in [9.17, 15) is 9.59 Å². The van der Waals surface area contributed by atoms with Gasteiger partial charge in [0.1, 0.15) is 5.82 Å². The standard InChI is InChI=1S/C22H27BrN4O3/c1-12(2)18(26-22(29)30-3)21(28)27-16-9-6-14(10-16)19(27)20-24-11-17(25-20)13-4-7-15(23)8-5-13/h4-5,7-8,11-12,14,16,18-19H,6,9-10H2,1-3H3,(H,24,25)(H,26,29)/p+1/t14?,16?,18-,19-/m0/s1.